The highest BCUT2D eigenvalue weighted by atomic mass is 32.1. The number of hydrogen-bond acceptors (Lipinski definition) is 3. The highest BCUT2D eigenvalue weighted by Gasteiger charge is 2.35. The first-order valence-electron chi connectivity index (χ1n) is 5.29. The predicted molar refractivity (Wildman–Crippen MR) is 64.9 cm³/mol. The molecule has 1 unspecified atom stereocenters. The van der Waals surface area contributed by atoms with E-state index in [-0.39, 0.29) is 5.56 Å². The lowest BCUT2D eigenvalue weighted by Gasteiger charge is -2.20. The number of thiophene rings is 1. The third-order valence-corrected chi connectivity index (χ3v) is 3.56. The molecule has 2 rings (SSSR count). The van der Waals surface area contributed by atoms with E-state index in [1.54, 1.807) is 17.5 Å². The molecule has 1 aromatic carbocycles. The van der Waals surface area contributed by atoms with Crippen molar-refractivity contribution in [1.29, 1.82) is 0 Å². The van der Waals surface area contributed by atoms with Crippen molar-refractivity contribution < 1.29 is 17.6 Å². The van der Waals surface area contributed by atoms with Gasteiger partial charge in [-0.05, 0) is 35.2 Å². The summed E-state index contributed by atoms with van der Waals surface area (Å²) in [7, 11) is 0. The number of hydrazine groups is 1. The Balaban J connectivity index is 2.56. The molecule has 3 N–H and O–H groups in total. The molecule has 2 aromatic rings. The minimum atomic E-state index is -4.56. The molecular weight excluding hydrogens is 280 g/mol. The van der Waals surface area contributed by atoms with Gasteiger partial charge in [0, 0.05) is 4.88 Å². The van der Waals surface area contributed by atoms with E-state index in [9.17, 15) is 17.6 Å². The summed E-state index contributed by atoms with van der Waals surface area (Å²) in [6, 6.07) is 4.80. The summed E-state index contributed by atoms with van der Waals surface area (Å²) < 4.78 is 52.0. The summed E-state index contributed by atoms with van der Waals surface area (Å²) >= 11 is 1.24. The van der Waals surface area contributed by atoms with Crippen LogP contribution in [0.1, 0.15) is 22.0 Å². The normalized spacial score (nSPS) is 13.5. The van der Waals surface area contributed by atoms with Crippen LogP contribution in [0.4, 0.5) is 17.6 Å². The van der Waals surface area contributed by atoms with Crippen molar-refractivity contribution in [3.05, 3.63) is 57.5 Å². The van der Waals surface area contributed by atoms with Crippen molar-refractivity contribution >= 4 is 11.3 Å². The summed E-state index contributed by atoms with van der Waals surface area (Å²) in [6.07, 6.45) is -4.56. The van der Waals surface area contributed by atoms with Crippen LogP contribution in [0.5, 0.6) is 0 Å². The first-order valence-corrected chi connectivity index (χ1v) is 6.17. The van der Waals surface area contributed by atoms with Gasteiger partial charge in [0.1, 0.15) is 5.82 Å². The topological polar surface area (TPSA) is 38.0 Å². The lowest BCUT2D eigenvalue weighted by Crippen LogP contribution is -2.30. The highest BCUT2D eigenvalue weighted by Crippen LogP contribution is 2.37. The smallest absolute Gasteiger partial charge is 0.271 e. The second-order valence-electron chi connectivity index (χ2n) is 3.84. The van der Waals surface area contributed by atoms with Crippen molar-refractivity contribution in [1.82, 2.24) is 5.43 Å². The number of rotatable bonds is 3. The minimum Gasteiger partial charge on any atom is -0.271 e. The van der Waals surface area contributed by atoms with Crippen LogP contribution in [0.3, 0.4) is 0 Å². The zero-order valence-electron chi connectivity index (χ0n) is 9.54. The Kier molecular flexibility index (Phi) is 3.88. The molecule has 1 aromatic heterocycles. The third kappa shape index (κ3) is 2.94. The van der Waals surface area contributed by atoms with Gasteiger partial charge in [0.05, 0.1) is 11.6 Å². The molecule has 0 bridgehead atoms. The number of halogens is 4. The van der Waals surface area contributed by atoms with Crippen molar-refractivity contribution in [2.24, 2.45) is 5.84 Å². The van der Waals surface area contributed by atoms with E-state index in [0.717, 1.165) is 18.2 Å². The zero-order valence-corrected chi connectivity index (χ0v) is 10.4. The number of nitrogens with one attached hydrogen (secondary N) is 1. The van der Waals surface area contributed by atoms with Gasteiger partial charge in [-0.25, -0.2) is 9.82 Å². The molecule has 0 aliphatic rings. The van der Waals surface area contributed by atoms with Gasteiger partial charge in [-0.15, -0.1) is 11.3 Å². The van der Waals surface area contributed by atoms with E-state index >= 15 is 0 Å². The summed E-state index contributed by atoms with van der Waals surface area (Å²) in [6.45, 7) is 0. The van der Waals surface area contributed by atoms with Gasteiger partial charge in [0.15, 0.2) is 0 Å². The van der Waals surface area contributed by atoms with Crippen LogP contribution < -0.4 is 11.3 Å². The van der Waals surface area contributed by atoms with Crippen LogP contribution in [0.25, 0.3) is 0 Å². The molecule has 1 heterocycles. The maximum Gasteiger partial charge on any atom is 0.416 e. The molecule has 19 heavy (non-hydrogen) atoms. The fourth-order valence-electron chi connectivity index (χ4n) is 1.81. The third-order valence-electron chi connectivity index (χ3n) is 2.62. The Morgan fingerprint density at radius 2 is 1.95 bits per heavy atom. The van der Waals surface area contributed by atoms with Crippen LogP contribution in [0.2, 0.25) is 0 Å². The maximum atomic E-state index is 13.2. The van der Waals surface area contributed by atoms with Gasteiger partial charge in [-0.3, -0.25) is 5.84 Å². The van der Waals surface area contributed by atoms with Crippen LogP contribution in [-0.2, 0) is 6.18 Å². The van der Waals surface area contributed by atoms with Crippen LogP contribution in [0, 0.1) is 5.82 Å². The SMILES string of the molecule is NNC(c1cccs1)c1cc(F)ccc1C(F)(F)F. The quantitative estimate of drug-likeness (QED) is 0.516. The van der Waals surface area contributed by atoms with E-state index in [2.05, 4.69) is 5.43 Å². The van der Waals surface area contributed by atoms with Crippen LogP contribution >= 0.6 is 11.3 Å². The lowest BCUT2D eigenvalue weighted by molar-refractivity contribution is -0.138. The van der Waals surface area contributed by atoms with Crippen LogP contribution in [-0.4, -0.2) is 0 Å². The standard InChI is InChI=1S/C12H10F4N2S/c13-7-3-4-9(12(14,15)16)8(6-7)11(18-17)10-2-1-5-19-10/h1-6,11,18H,17H2. The molecule has 0 amide bonds. The molecular formula is C12H10F4N2S. The Labute approximate surface area is 110 Å². The zero-order chi connectivity index (χ0) is 14.0. The summed E-state index contributed by atoms with van der Waals surface area (Å²) in [5.41, 5.74) is 1.18. The van der Waals surface area contributed by atoms with Crippen molar-refractivity contribution in [2.45, 2.75) is 12.2 Å². The van der Waals surface area contributed by atoms with Gasteiger partial charge in [0.25, 0.3) is 0 Å². The molecule has 2 nitrogen and oxygen atoms in total. The predicted octanol–water partition coefficient (Wildman–Crippen LogP) is 3.46. The molecule has 0 saturated heterocycles. The fraction of sp³-hybridized carbons (Fsp3) is 0.167. The average Bonchev–Trinajstić information content (AvgIpc) is 2.82. The Bertz CT molecular complexity index is 551. The first-order chi connectivity index (χ1) is 8.93. The largest absolute Gasteiger partial charge is 0.416 e. The number of hydrogen-bond donors (Lipinski definition) is 2. The van der Waals surface area contributed by atoms with Gasteiger partial charge in [-0.2, -0.15) is 13.2 Å². The molecule has 102 valence electrons. The van der Waals surface area contributed by atoms with Crippen molar-refractivity contribution in [3.63, 3.8) is 0 Å². The van der Waals surface area contributed by atoms with E-state index in [1.807, 2.05) is 0 Å². The average molecular weight is 290 g/mol. The minimum absolute atomic E-state index is 0.225. The lowest BCUT2D eigenvalue weighted by atomic mass is 9.99. The maximum absolute atomic E-state index is 13.2. The van der Waals surface area contributed by atoms with E-state index in [1.165, 1.54) is 11.3 Å². The summed E-state index contributed by atoms with van der Waals surface area (Å²) in [5, 5.41) is 1.71. The highest BCUT2D eigenvalue weighted by molar-refractivity contribution is 7.10. The Morgan fingerprint density at radius 1 is 1.21 bits per heavy atom. The molecule has 0 aliphatic heterocycles. The second kappa shape index (κ2) is 5.28. The number of benzene rings is 1. The van der Waals surface area contributed by atoms with E-state index in [4.69, 9.17) is 5.84 Å². The fourth-order valence-corrected chi connectivity index (χ4v) is 2.61. The molecule has 1 atom stereocenters. The number of alkyl halides is 3. The van der Waals surface area contributed by atoms with Crippen molar-refractivity contribution in [3.8, 4) is 0 Å². The van der Waals surface area contributed by atoms with Gasteiger partial charge >= 0.3 is 6.18 Å². The first kappa shape index (κ1) is 14.0. The summed E-state index contributed by atoms with van der Waals surface area (Å²) in [5.74, 6) is 4.59. The monoisotopic (exact) mass is 290 g/mol. The number of nitrogens with two attached hydrogens (primary N) is 1. The van der Waals surface area contributed by atoms with Crippen molar-refractivity contribution in [2.75, 3.05) is 0 Å². The Morgan fingerprint density at radius 3 is 2.47 bits per heavy atom. The van der Waals surface area contributed by atoms with Gasteiger partial charge < -0.3 is 0 Å². The molecule has 0 fully saturated rings. The second-order valence-corrected chi connectivity index (χ2v) is 4.82. The molecule has 0 aliphatic carbocycles. The van der Waals surface area contributed by atoms with E-state index < -0.39 is 23.6 Å². The Hall–Kier alpha value is -1.44. The molecule has 7 heteroatoms. The van der Waals surface area contributed by atoms with Gasteiger partial charge in [-0.1, -0.05) is 6.07 Å². The molecule has 0 saturated carbocycles. The van der Waals surface area contributed by atoms with E-state index in [0.29, 0.717) is 4.88 Å². The molecule has 0 spiro atoms. The summed E-state index contributed by atoms with van der Waals surface area (Å²) in [4.78, 5) is 0.582. The van der Waals surface area contributed by atoms with Crippen LogP contribution in [0.15, 0.2) is 35.7 Å². The van der Waals surface area contributed by atoms with Gasteiger partial charge in [0.2, 0.25) is 0 Å². The molecule has 0 radical (unpaired) electrons.